The number of rotatable bonds is 1. The fourth-order valence-electron chi connectivity index (χ4n) is 0.822. The highest BCUT2D eigenvalue weighted by Gasteiger charge is 2.11. The number of carbonyl (C=O) groups excluding carboxylic acids is 1. The van der Waals surface area contributed by atoms with Crippen molar-refractivity contribution in [2.75, 3.05) is 0 Å². The van der Waals surface area contributed by atoms with Crippen LogP contribution in [0, 0.1) is 6.92 Å². The highest BCUT2D eigenvalue weighted by Crippen LogP contribution is 2.08. The smallest absolute Gasteiger partial charge is 0.283 e. The van der Waals surface area contributed by atoms with Gasteiger partial charge in [-0.3, -0.25) is 10.2 Å². The molecular weight excluding hydrogens is 188 g/mol. The van der Waals surface area contributed by atoms with Crippen LogP contribution >= 0.6 is 0 Å². The molecular formula is C8H10N2O2S. The molecule has 0 radical (unpaired) electrons. The minimum atomic E-state index is -1.71. The van der Waals surface area contributed by atoms with E-state index in [1.54, 1.807) is 24.3 Å². The van der Waals surface area contributed by atoms with Gasteiger partial charge in [-0.15, -0.1) is 0 Å². The lowest BCUT2D eigenvalue weighted by Crippen LogP contribution is -2.31. The number of benzene rings is 1. The van der Waals surface area contributed by atoms with Gasteiger partial charge in [0.15, 0.2) is 0 Å². The van der Waals surface area contributed by atoms with Gasteiger partial charge in [-0.25, -0.2) is 10.1 Å². The van der Waals surface area contributed by atoms with Gasteiger partial charge in [-0.2, -0.15) is 0 Å². The monoisotopic (exact) mass is 198 g/mol. The van der Waals surface area contributed by atoms with E-state index in [1.165, 1.54) is 0 Å². The van der Waals surface area contributed by atoms with Gasteiger partial charge in [0.05, 0.1) is 0 Å². The van der Waals surface area contributed by atoms with Crippen molar-refractivity contribution >= 4 is 16.0 Å². The molecule has 0 heterocycles. The summed E-state index contributed by atoms with van der Waals surface area (Å²) in [5.41, 5.74) is 2.89. The number of aryl methyl sites for hydroxylation is 1. The van der Waals surface area contributed by atoms with Crippen LogP contribution in [0.25, 0.3) is 0 Å². The van der Waals surface area contributed by atoms with Gasteiger partial charge < -0.3 is 0 Å². The van der Waals surface area contributed by atoms with Crippen LogP contribution in [0.15, 0.2) is 29.2 Å². The molecule has 0 saturated carbocycles. The number of hydrazine groups is 1. The molecule has 0 saturated heterocycles. The average molecular weight is 198 g/mol. The molecule has 13 heavy (non-hydrogen) atoms. The molecule has 0 fully saturated rings. The maximum Gasteiger partial charge on any atom is 0.327 e. The van der Waals surface area contributed by atoms with E-state index in [4.69, 9.17) is 5.84 Å². The Hall–Kier alpha value is -1.20. The van der Waals surface area contributed by atoms with Crippen LogP contribution in [0.4, 0.5) is 4.79 Å². The van der Waals surface area contributed by atoms with E-state index in [2.05, 4.69) is 0 Å². The van der Waals surface area contributed by atoms with Gasteiger partial charge in [0.2, 0.25) is 0 Å². The third kappa shape index (κ3) is 2.37. The molecule has 1 aromatic carbocycles. The number of hydrogen-bond acceptors (Lipinski definition) is 3. The second-order valence-corrected chi connectivity index (χ2v) is 3.89. The minimum Gasteiger partial charge on any atom is -0.283 e. The molecule has 0 spiro atoms. The zero-order valence-corrected chi connectivity index (χ0v) is 7.93. The summed E-state index contributed by atoms with van der Waals surface area (Å²) in [7, 11) is -1.71. The third-order valence-corrected chi connectivity index (χ3v) is 2.68. The van der Waals surface area contributed by atoms with E-state index in [0.29, 0.717) is 4.90 Å². The summed E-state index contributed by atoms with van der Waals surface area (Å²) in [5, 5.41) is -0.691. The second-order valence-electron chi connectivity index (χ2n) is 2.51. The van der Waals surface area contributed by atoms with E-state index in [0.717, 1.165) is 5.56 Å². The highest BCUT2D eigenvalue weighted by atomic mass is 32.2. The van der Waals surface area contributed by atoms with E-state index >= 15 is 0 Å². The molecule has 0 aliphatic rings. The summed E-state index contributed by atoms with van der Waals surface area (Å²) in [5.74, 6) is 4.85. The Labute approximate surface area is 78.6 Å². The third-order valence-electron chi connectivity index (χ3n) is 1.52. The van der Waals surface area contributed by atoms with Crippen LogP contribution in [0.2, 0.25) is 0 Å². The summed E-state index contributed by atoms with van der Waals surface area (Å²) in [6, 6.07) is 6.86. The maximum absolute atomic E-state index is 11.3. The van der Waals surface area contributed by atoms with Crippen LogP contribution in [-0.2, 0) is 10.8 Å². The molecule has 0 aliphatic carbocycles. The molecule has 1 amide bonds. The van der Waals surface area contributed by atoms with Crippen molar-refractivity contribution in [3.05, 3.63) is 29.8 Å². The summed E-state index contributed by atoms with van der Waals surface area (Å²) >= 11 is 0. The molecule has 1 aromatic rings. The lowest BCUT2D eigenvalue weighted by atomic mass is 10.2. The van der Waals surface area contributed by atoms with Crippen molar-refractivity contribution < 1.29 is 9.00 Å². The summed E-state index contributed by atoms with van der Waals surface area (Å²) in [4.78, 5) is 11.3. The van der Waals surface area contributed by atoms with Gasteiger partial charge in [0.1, 0.15) is 10.8 Å². The number of nitrogens with two attached hydrogens (primary N) is 1. The Morgan fingerprint density at radius 3 is 2.38 bits per heavy atom. The van der Waals surface area contributed by atoms with Crippen molar-refractivity contribution in [1.82, 2.24) is 5.43 Å². The van der Waals surface area contributed by atoms with Crippen LogP contribution in [0.5, 0.6) is 0 Å². The molecule has 0 aliphatic heterocycles. The van der Waals surface area contributed by atoms with E-state index in [9.17, 15) is 9.00 Å². The molecule has 0 bridgehead atoms. The molecule has 70 valence electrons. The van der Waals surface area contributed by atoms with Crippen molar-refractivity contribution in [1.29, 1.82) is 0 Å². The Morgan fingerprint density at radius 2 is 1.92 bits per heavy atom. The average Bonchev–Trinajstić information content (AvgIpc) is 2.17. The Balaban J connectivity index is 2.90. The standard InChI is InChI=1S/C8H10N2O2S/c1-6-2-4-7(5-3-6)13(12)8(11)10-9/h2-5H,9H2,1H3,(H,10,11). The summed E-state index contributed by atoms with van der Waals surface area (Å²) in [6.07, 6.45) is 0. The highest BCUT2D eigenvalue weighted by molar-refractivity contribution is 8.00. The zero-order valence-electron chi connectivity index (χ0n) is 7.11. The first-order chi connectivity index (χ1) is 6.15. The van der Waals surface area contributed by atoms with Gasteiger partial charge in [-0.05, 0) is 19.1 Å². The lowest BCUT2D eigenvalue weighted by Gasteiger charge is -1.99. The van der Waals surface area contributed by atoms with Crippen LogP contribution in [0.1, 0.15) is 5.56 Å². The molecule has 0 aromatic heterocycles. The first kappa shape index (κ1) is 9.88. The summed E-state index contributed by atoms with van der Waals surface area (Å²) in [6.45, 7) is 1.91. The second kappa shape index (κ2) is 4.15. The van der Waals surface area contributed by atoms with Crippen LogP contribution in [0.3, 0.4) is 0 Å². The first-order valence-electron chi connectivity index (χ1n) is 3.64. The van der Waals surface area contributed by atoms with Crippen LogP contribution in [-0.4, -0.2) is 9.45 Å². The van der Waals surface area contributed by atoms with Crippen molar-refractivity contribution in [2.45, 2.75) is 11.8 Å². The fourth-order valence-corrected chi connectivity index (χ4v) is 1.53. The molecule has 3 N–H and O–H groups in total. The minimum absolute atomic E-state index is 0.452. The van der Waals surface area contributed by atoms with Gasteiger partial charge in [0, 0.05) is 4.90 Å². The molecule has 1 unspecified atom stereocenters. The summed E-state index contributed by atoms with van der Waals surface area (Å²) < 4.78 is 11.3. The topological polar surface area (TPSA) is 72.2 Å². The fraction of sp³-hybridized carbons (Fsp3) is 0.125. The lowest BCUT2D eigenvalue weighted by molar-refractivity contribution is 0.260. The van der Waals surface area contributed by atoms with Crippen molar-refractivity contribution in [3.8, 4) is 0 Å². The first-order valence-corrected chi connectivity index (χ1v) is 4.79. The SMILES string of the molecule is Cc1ccc(S(=O)C(=O)NN)cc1. The predicted octanol–water partition coefficient (Wildman–Crippen LogP) is 0.686. The molecule has 4 nitrogen and oxygen atoms in total. The quantitative estimate of drug-likeness (QED) is 0.396. The largest absolute Gasteiger partial charge is 0.327 e. The van der Waals surface area contributed by atoms with Gasteiger partial charge in [0.25, 0.3) is 0 Å². The Bertz CT molecular complexity index is 335. The van der Waals surface area contributed by atoms with E-state index in [-0.39, 0.29) is 0 Å². The Morgan fingerprint density at radius 1 is 1.38 bits per heavy atom. The van der Waals surface area contributed by atoms with Crippen molar-refractivity contribution in [2.24, 2.45) is 5.84 Å². The van der Waals surface area contributed by atoms with Crippen LogP contribution < -0.4 is 11.3 Å². The number of nitrogens with one attached hydrogen (secondary N) is 1. The number of hydrogen-bond donors (Lipinski definition) is 2. The molecule has 1 atom stereocenters. The van der Waals surface area contributed by atoms with Gasteiger partial charge >= 0.3 is 5.24 Å². The van der Waals surface area contributed by atoms with Crippen molar-refractivity contribution in [3.63, 3.8) is 0 Å². The van der Waals surface area contributed by atoms with E-state index < -0.39 is 16.0 Å². The predicted molar refractivity (Wildman–Crippen MR) is 50.3 cm³/mol. The van der Waals surface area contributed by atoms with E-state index in [1.807, 2.05) is 12.3 Å². The van der Waals surface area contributed by atoms with Gasteiger partial charge in [-0.1, -0.05) is 17.7 Å². The number of amides is 1. The molecule has 1 rings (SSSR count). The number of carbonyl (C=O) groups is 1. The normalized spacial score (nSPS) is 12.2. The Kier molecular flexibility index (Phi) is 3.16. The zero-order chi connectivity index (χ0) is 9.84. The molecule has 5 heteroatoms. The maximum atomic E-state index is 11.3.